The number of rotatable bonds is 9. The second-order valence-corrected chi connectivity index (χ2v) is 7.80. The van der Waals surface area contributed by atoms with E-state index in [1.807, 2.05) is 19.2 Å². The monoisotopic (exact) mass is 372 g/mol. The highest BCUT2D eigenvalue weighted by Gasteiger charge is 2.15. The lowest BCUT2D eigenvalue weighted by atomic mass is 10.0. The SMILES string of the molecule is CC(C)c1ccc(-c2noc(CCC(=O)N(C)CCC(N)C(C)C)n2)cc1. The fourth-order valence-electron chi connectivity index (χ4n) is 2.70. The van der Waals surface area contributed by atoms with Crippen LogP contribution in [0.5, 0.6) is 0 Å². The summed E-state index contributed by atoms with van der Waals surface area (Å²) < 4.78 is 5.30. The number of hydrogen-bond donors (Lipinski definition) is 1. The summed E-state index contributed by atoms with van der Waals surface area (Å²) in [5, 5.41) is 4.04. The molecule has 1 unspecified atom stereocenters. The number of benzene rings is 1. The third kappa shape index (κ3) is 6.17. The van der Waals surface area contributed by atoms with Gasteiger partial charge in [0.1, 0.15) is 0 Å². The van der Waals surface area contributed by atoms with Gasteiger partial charge in [-0.2, -0.15) is 4.98 Å². The molecule has 148 valence electrons. The van der Waals surface area contributed by atoms with E-state index in [4.69, 9.17) is 10.3 Å². The summed E-state index contributed by atoms with van der Waals surface area (Å²) in [6.07, 6.45) is 1.59. The molecule has 0 aliphatic heterocycles. The Morgan fingerprint density at radius 1 is 1.19 bits per heavy atom. The van der Waals surface area contributed by atoms with Crippen molar-refractivity contribution in [1.82, 2.24) is 15.0 Å². The Hall–Kier alpha value is -2.21. The van der Waals surface area contributed by atoms with Gasteiger partial charge >= 0.3 is 0 Å². The topological polar surface area (TPSA) is 85.2 Å². The highest BCUT2D eigenvalue weighted by Crippen LogP contribution is 2.20. The first-order valence-electron chi connectivity index (χ1n) is 9.70. The lowest BCUT2D eigenvalue weighted by Gasteiger charge is -2.21. The molecule has 0 aliphatic rings. The van der Waals surface area contributed by atoms with Crippen LogP contribution in [0.25, 0.3) is 11.4 Å². The van der Waals surface area contributed by atoms with Crippen LogP contribution >= 0.6 is 0 Å². The quantitative estimate of drug-likeness (QED) is 0.726. The van der Waals surface area contributed by atoms with Gasteiger partial charge in [0.2, 0.25) is 17.6 Å². The Morgan fingerprint density at radius 3 is 2.44 bits per heavy atom. The number of aromatic nitrogens is 2. The fraction of sp³-hybridized carbons (Fsp3) is 0.571. The van der Waals surface area contributed by atoms with E-state index < -0.39 is 0 Å². The lowest BCUT2D eigenvalue weighted by molar-refractivity contribution is -0.130. The first kappa shape index (κ1) is 21.1. The van der Waals surface area contributed by atoms with E-state index >= 15 is 0 Å². The van der Waals surface area contributed by atoms with Crippen molar-refractivity contribution in [1.29, 1.82) is 0 Å². The van der Waals surface area contributed by atoms with E-state index in [1.165, 1.54) is 5.56 Å². The standard InChI is InChI=1S/C21H32N4O2/c1-14(2)16-6-8-17(9-7-16)21-23-19(27-24-21)10-11-20(26)25(5)13-12-18(22)15(3)4/h6-9,14-15,18H,10-13,22H2,1-5H3. The molecule has 0 aliphatic carbocycles. The van der Waals surface area contributed by atoms with Crippen LogP contribution in [-0.2, 0) is 11.2 Å². The van der Waals surface area contributed by atoms with Gasteiger partial charge in [0, 0.05) is 38.0 Å². The van der Waals surface area contributed by atoms with E-state index in [0.717, 1.165) is 12.0 Å². The molecule has 27 heavy (non-hydrogen) atoms. The first-order chi connectivity index (χ1) is 12.8. The van der Waals surface area contributed by atoms with Gasteiger partial charge in [-0.25, -0.2) is 0 Å². The van der Waals surface area contributed by atoms with Crippen LogP contribution in [0, 0.1) is 5.92 Å². The Kier molecular flexibility index (Phi) is 7.54. The molecule has 6 nitrogen and oxygen atoms in total. The van der Waals surface area contributed by atoms with Crippen molar-refractivity contribution >= 4 is 5.91 Å². The molecule has 6 heteroatoms. The molecule has 1 heterocycles. The summed E-state index contributed by atoms with van der Waals surface area (Å²) in [5.41, 5.74) is 8.23. The van der Waals surface area contributed by atoms with Crippen molar-refractivity contribution in [3.8, 4) is 11.4 Å². The van der Waals surface area contributed by atoms with Crippen LogP contribution in [0.3, 0.4) is 0 Å². The number of nitrogens with two attached hydrogens (primary N) is 1. The third-order valence-electron chi connectivity index (χ3n) is 4.94. The van der Waals surface area contributed by atoms with E-state index in [-0.39, 0.29) is 11.9 Å². The molecule has 2 aromatic rings. The van der Waals surface area contributed by atoms with Crippen LogP contribution < -0.4 is 5.73 Å². The molecule has 0 spiro atoms. The summed E-state index contributed by atoms with van der Waals surface area (Å²) in [6, 6.07) is 8.27. The number of nitrogens with zero attached hydrogens (tertiary/aromatic N) is 3. The highest BCUT2D eigenvalue weighted by molar-refractivity contribution is 5.76. The van der Waals surface area contributed by atoms with Crippen molar-refractivity contribution < 1.29 is 9.32 Å². The normalized spacial score (nSPS) is 12.6. The van der Waals surface area contributed by atoms with Crippen molar-refractivity contribution in [3.63, 3.8) is 0 Å². The molecule has 0 saturated heterocycles. The van der Waals surface area contributed by atoms with Crippen LogP contribution in [0.15, 0.2) is 28.8 Å². The Morgan fingerprint density at radius 2 is 1.85 bits per heavy atom. The van der Waals surface area contributed by atoms with Gasteiger partial charge in [-0.05, 0) is 23.8 Å². The molecule has 1 atom stereocenters. The Balaban J connectivity index is 1.85. The minimum Gasteiger partial charge on any atom is -0.346 e. The summed E-state index contributed by atoms with van der Waals surface area (Å²) in [7, 11) is 1.81. The molecule has 2 rings (SSSR count). The maximum atomic E-state index is 12.3. The zero-order chi connectivity index (χ0) is 20.0. The zero-order valence-corrected chi connectivity index (χ0v) is 17.1. The second kappa shape index (κ2) is 9.65. The molecule has 0 saturated carbocycles. The van der Waals surface area contributed by atoms with Crippen LogP contribution in [-0.4, -0.2) is 40.6 Å². The van der Waals surface area contributed by atoms with Crippen LogP contribution in [0.1, 0.15) is 57.9 Å². The van der Waals surface area contributed by atoms with E-state index in [2.05, 4.69) is 50.0 Å². The zero-order valence-electron chi connectivity index (χ0n) is 17.1. The molecule has 0 fully saturated rings. The van der Waals surface area contributed by atoms with Crippen LogP contribution in [0.2, 0.25) is 0 Å². The lowest BCUT2D eigenvalue weighted by Crippen LogP contribution is -2.34. The van der Waals surface area contributed by atoms with Crippen molar-refractivity contribution in [2.24, 2.45) is 11.7 Å². The largest absolute Gasteiger partial charge is 0.346 e. The minimum absolute atomic E-state index is 0.0620. The van der Waals surface area contributed by atoms with Gasteiger partial charge in [0.25, 0.3) is 0 Å². The molecule has 2 N–H and O–H groups in total. The first-order valence-corrected chi connectivity index (χ1v) is 9.70. The third-order valence-corrected chi connectivity index (χ3v) is 4.94. The predicted octanol–water partition coefficient (Wildman–Crippen LogP) is 3.62. The number of carbonyl (C=O) groups is 1. The number of hydrogen-bond acceptors (Lipinski definition) is 5. The molecule has 1 aromatic heterocycles. The summed E-state index contributed by atoms with van der Waals surface area (Å²) >= 11 is 0. The minimum atomic E-state index is 0.0620. The molecular weight excluding hydrogens is 340 g/mol. The number of aryl methyl sites for hydroxylation is 1. The molecule has 1 aromatic carbocycles. The average molecular weight is 373 g/mol. The summed E-state index contributed by atoms with van der Waals surface area (Å²) in [5.74, 6) is 2.01. The van der Waals surface area contributed by atoms with Crippen molar-refractivity contribution in [3.05, 3.63) is 35.7 Å². The summed E-state index contributed by atoms with van der Waals surface area (Å²) in [4.78, 5) is 18.4. The van der Waals surface area contributed by atoms with Gasteiger partial charge < -0.3 is 15.2 Å². The van der Waals surface area contributed by atoms with Gasteiger partial charge in [-0.1, -0.05) is 57.1 Å². The highest BCUT2D eigenvalue weighted by atomic mass is 16.5. The number of amides is 1. The fourth-order valence-corrected chi connectivity index (χ4v) is 2.70. The molecular formula is C21H32N4O2. The summed E-state index contributed by atoms with van der Waals surface area (Å²) in [6.45, 7) is 9.17. The van der Waals surface area contributed by atoms with Gasteiger partial charge in [-0.15, -0.1) is 0 Å². The maximum Gasteiger partial charge on any atom is 0.227 e. The smallest absolute Gasteiger partial charge is 0.227 e. The Bertz CT molecular complexity index is 722. The second-order valence-electron chi connectivity index (χ2n) is 7.80. The van der Waals surface area contributed by atoms with Crippen LogP contribution in [0.4, 0.5) is 0 Å². The molecule has 0 bridgehead atoms. The van der Waals surface area contributed by atoms with E-state index in [9.17, 15) is 4.79 Å². The van der Waals surface area contributed by atoms with Gasteiger partial charge in [0.15, 0.2) is 0 Å². The van der Waals surface area contributed by atoms with Gasteiger partial charge in [0.05, 0.1) is 0 Å². The number of carbonyl (C=O) groups excluding carboxylic acids is 1. The molecule has 1 amide bonds. The van der Waals surface area contributed by atoms with E-state index in [0.29, 0.717) is 42.9 Å². The van der Waals surface area contributed by atoms with Crippen molar-refractivity contribution in [2.75, 3.05) is 13.6 Å². The Labute approximate surface area is 162 Å². The van der Waals surface area contributed by atoms with Gasteiger partial charge in [-0.3, -0.25) is 4.79 Å². The van der Waals surface area contributed by atoms with Crippen molar-refractivity contribution in [2.45, 2.75) is 58.9 Å². The average Bonchev–Trinajstić information content (AvgIpc) is 3.12. The molecule has 0 radical (unpaired) electrons. The predicted molar refractivity (Wildman–Crippen MR) is 107 cm³/mol. The maximum absolute atomic E-state index is 12.3. The van der Waals surface area contributed by atoms with E-state index in [1.54, 1.807) is 4.90 Å².